The Hall–Kier alpha value is -1.08. The molecule has 0 saturated carbocycles. The van der Waals surface area contributed by atoms with Gasteiger partial charge in [0.15, 0.2) is 0 Å². The molecule has 2 N–H and O–H groups in total. The van der Waals surface area contributed by atoms with E-state index in [0.717, 1.165) is 9.59 Å². The molecule has 0 fully saturated rings. The molecule has 2 aromatic carbocycles. The Balaban J connectivity index is 2.14. The minimum absolute atomic E-state index is 0.535. The average molecular weight is 451 g/mol. The molecule has 0 aromatic heterocycles. The molecule has 0 aliphatic rings. The molecule has 0 spiro atoms. The fourth-order valence-corrected chi connectivity index (χ4v) is 3.45. The summed E-state index contributed by atoms with van der Waals surface area (Å²) in [6, 6.07) is 16.2. The number of aliphatic hydroxyl groups is 1. The van der Waals surface area contributed by atoms with Crippen LogP contribution in [-0.2, 0) is 19.4 Å². The van der Waals surface area contributed by atoms with Gasteiger partial charge in [0.05, 0.1) is 0 Å². The van der Waals surface area contributed by atoms with E-state index < -0.39 is 6.23 Å². The van der Waals surface area contributed by atoms with Gasteiger partial charge in [0.25, 0.3) is 0 Å². The number of aryl methyl sites for hydroxylation is 1. The van der Waals surface area contributed by atoms with E-state index in [2.05, 4.69) is 44.3 Å². The molecular weight excluding hydrogens is 430 g/mol. The topological polar surface area (TPSA) is 32.3 Å². The zero-order valence-electron chi connectivity index (χ0n) is 12.6. The first-order chi connectivity index (χ1) is 9.99. The van der Waals surface area contributed by atoms with Crippen LogP contribution < -0.4 is 5.32 Å². The minimum atomic E-state index is -0.664. The van der Waals surface area contributed by atoms with E-state index in [9.17, 15) is 5.11 Å². The maximum atomic E-state index is 10.3. The Morgan fingerprint density at radius 3 is 2.29 bits per heavy atom. The van der Waals surface area contributed by atoms with Crippen molar-refractivity contribution in [3.05, 3.63) is 70.8 Å². The predicted molar refractivity (Wildman–Crippen MR) is 83.9 cm³/mol. The first kappa shape index (κ1) is 16.3. The fraction of sp³-hybridized carbons (Fsp3) is 0.278. The van der Waals surface area contributed by atoms with Crippen molar-refractivity contribution in [1.82, 2.24) is 5.32 Å². The Morgan fingerprint density at radius 1 is 1.05 bits per heavy atom. The van der Waals surface area contributed by atoms with Crippen molar-refractivity contribution in [3.8, 4) is 0 Å². The van der Waals surface area contributed by atoms with Crippen molar-refractivity contribution in [3.63, 3.8) is 0 Å². The van der Waals surface area contributed by atoms with Gasteiger partial charge in [-0.3, -0.25) is 0 Å². The third kappa shape index (κ3) is 4.20. The Bertz CT molecular complexity index is 622. The average Bonchev–Trinajstić information content (AvgIpc) is 2.47. The van der Waals surface area contributed by atoms with Crippen LogP contribution in [0.3, 0.4) is 0 Å². The molecule has 2 nitrogen and oxygen atoms in total. The maximum absolute atomic E-state index is 10.3. The summed E-state index contributed by atoms with van der Waals surface area (Å²) in [5.74, 6) is 0.535. The molecule has 0 aliphatic carbocycles. The number of hydrogen-bond donors (Lipinski definition) is 2. The predicted octanol–water partition coefficient (Wildman–Crippen LogP) is 3.42. The zero-order chi connectivity index (χ0) is 15.4. The molecule has 110 valence electrons. The number of rotatable bonds is 5. The summed E-state index contributed by atoms with van der Waals surface area (Å²) in [5, 5.41) is 13.5. The fourth-order valence-electron chi connectivity index (χ4n) is 2.22. The molecule has 0 bridgehead atoms. The van der Waals surface area contributed by atoms with Crippen molar-refractivity contribution in [2.75, 3.05) is 0 Å². The van der Waals surface area contributed by atoms with Crippen molar-refractivity contribution in [1.29, 1.82) is 0 Å². The molecule has 0 radical (unpaired) electrons. The van der Waals surface area contributed by atoms with Gasteiger partial charge in [-0.25, -0.2) is 0 Å². The first-order valence-electron chi connectivity index (χ1n) is 7.13. The SMILES string of the molecule is Cc1cc(C(C)C)ccc1[C](=[W])NC(O)c1ccccc1. The van der Waals surface area contributed by atoms with Crippen LogP contribution in [0.5, 0.6) is 0 Å². The van der Waals surface area contributed by atoms with Crippen molar-refractivity contribution in [2.24, 2.45) is 0 Å². The van der Waals surface area contributed by atoms with E-state index >= 15 is 0 Å². The molecule has 1 unspecified atom stereocenters. The van der Waals surface area contributed by atoms with Crippen LogP contribution in [0.2, 0.25) is 0 Å². The normalized spacial score (nSPS) is 12.4. The van der Waals surface area contributed by atoms with E-state index in [1.165, 1.54) is 36.0 Å². The van der Waals surface area contributed by atoms with E-state index in [1.807, 2.05) is 30.3 Å². The summed E-state index contributed by atoms with van der Waals surface area (Å²) < 4.78 is 1.07. The van der Waals surface area contributed by atoms with Crippen LogP contribution in [0.15, 0.2) is 48.5 Å². The molecule has 1 atom stereocenters. The number of aliphatic hydroxyl groups excluding tert-OH is 1. The second-order valence-corrected chi connectivity index (χ2v) is 6.98. The van der Waals surface area contributed by atoms with Gasteiger partial charge in [0.2, 0.25) is 0 Å². The van der Waals surface area contributed by atoms with Gasteiger partial charge in [-0.15, -0.1) is 0 Å². The zero-order valence-corrected chi connectivity index (χ0v) is 15.6. The quantitative estimate of drug-likeness (QED) is 0.684. The monoisotopic (exact) mass is 451 g/mol. The molecule has 3 heteroatoms. The Kier molecular flexibility index (Phi) is 5.63. The van der Waals surface area contributed by atoms with E-state index in [4.69, 9.17) is 0 Å². The van der Waals surface area contributed by atoms with Crippen molar-refractivity contribution < 1.29 is 24.5 Å². The van der Waals surface area contributed by atoms with Crippen LogP contribution in [-0.4, -0.2) is 9.13 Å². The van der Waals surface area contributed by atoms with E-state index in [-0.39, 0.29) is 0 Å². The van der Waals surface area contributed by atoms with Crippen molar-refractivity contribution >= 4 is 4.02 Å². The number of hydrogen-bond acceptors (Lipinski definition) is 2. The first-order valence-corrected chi connectivity index (χ1v) is 8.60. The third-order valence-electron chi connectivity index (χ3n) is 3.54. The molecule has 0 amide bonds. The molecule has 21 heavy (non-hydrogen) atoms. The van der Waals surface area contributed by atoms with Crippen LogP contribution >= 0.6 is 0 Å². The molecule has 0 heterocycles. The van der Waals surface area contributed by atoms with Gasteiger partial charge in [-0.05, 0) is 0 Å². The van der Waals surface area contributed by atoms with Gasteiger partial charge < -0.3 is 0 Å². The summed E-state index contributed by atoms with van der Waals surface area (Å²) >= 11 is 1.32. The van der Waals surface area contributed by atoms with Crippen LogP contribution in [0.1, 0.15) is 48.2 Å². The standard InChI is InChI=1S/C18H21NO.W/c1-13(2)16-9-10-17(14(3)11-16)12-19-18(20)15-7-5-4-6-8-15;/h4-11,13,18-20H,1-3H3;. The number of nitrogens with one attached hydrogen (secondary N) is 1. The summed E-state index contributed by atoms with van der Waals surface area (Å²) in [6.45, 7) is 6.53. The second kappa shape index (κ2) is 7.26. The van der Waals surface area contributed by atoms with Crippen molar-refractivity contribution in [2.45, 2.75) is 32.9 Å². The molecule has 0 aliphatic heterocycles. The summed E-state index contributed by atoms with van der Waals surface area (Å²) in [6.07, 6.45) is -0.664. The van der Waals surface area contributed by atoms with E-state index in [0.29, 0.717) is 5.92 Å². The summed E-state index contributed by atoms with van der Waals surface area (Å²) in [5.41, 5.74) is 4.67. The van der Waals surface area contributed by atoms with Crippen LogP contribution in [0.4, 0.5) is 0 Å². The molecular formula is C18H21NOW. The molecule has 2 rings (SSSR count). The van der Waals surface area contributed by atoms with Gasteiger partial charge in [-0.1, -0.05) is 0 Å². The van der Waals surface area contributed by atoms with Crippen LogP contribution in [0, 0.1) is 6.92 Å². The molecule has 2 aromatic rings. The van der Waals surface area contributed by atoms with Gasteiger partial charge in [-0.2, -0.15) is 0 Å². The van der Waals surface area contributed by atoms with Gasteiger partial charge in [0, 0.05) is 0 Å². The van der Waals surface area contributed by atoms with Crippen LogP contribution in [0.25, 0.3) is 0 Å². The molecule has 0 saturated heterocycles. The Morgan fingerprint density at radius 2 is 1.71 bits per heavy atom. The van der Waals surface area contributed by atoms with Gasteiger partial charge in [0.1, 0.15) is 0 Å². The number of benzene rings is 2. The third-order valence-corrected chi connectivity index (χ3v) is 4.76. The second-order valence-electron chi connectivity index (χ2n) is 5.52. The Labute approximate surface area is 137 Å². The van der Waals surface area contributed by atoms with E-state index in [1.54, 1.807) is 0 Å². The summed E-state index contributed by atoms with van der Waals surface area (Å²) in [4.78, 5) is 0. The summed E-state index contributed by atoms with van der Waals surface area (Å²) in [7, 11) is 0. The van der Waals surface area contributed by atoms with Gasteiger partial charge >= 0.3 is 138 Å².